The van der Waals surface area contributed by atoms with Crippen LogP contribution in [0.2, 0.25) is 5.02 Å². The monoisotopic (exact) mass is 282 g/mol. The number of hydrogen-bond donors (Lipinski definition) is 1. The highest BCUT2D eigenvalue weighted by molar-refractivity contribution is 6.31. The van der Waals surface area contributed by atoms with Gasteiger partial charge in [0.15, 0.2) is 0 Å². The van der Waals surface area contributed by atoms with Gasteiger partial charge in [0.1, 0.15) is 5.75 Å². The van der Waals surface area contributed by atoms with Gasteiger partial charge in [0.05, 0.1) is 13.2 Å². The van der Waals surface area contributed by atoms with E-state index >= 15 is 0 Å². The van der Waals surface area contributed by atoms with Gasteiger partial charge in [-0.15, -0.1) is 0 Å². The summed E-state index contributed by atoms with van der Waals surface area (Å²) in [5.74, 6) is 0.825. The SMILES string of the molecule is COc1cccc(Cl)c1C(CN)N1CCCC1(C)C. The topological polar surface area (TPSA) is 38.5 Å². The molecule has 3 nitrogen and oxygen atoms in total. The Bertz CT molecular complexity index is 448. The molecule has 1 fully saturated rings. The molecule has 19 heavy (non-hydrogen) atoms. The molecule has 4 heteroatoms. The first-order valence-electron chi connectivity index (χ1n) is 6.80. The maximum Gasteiger partial charge on any atom is 0.125 e. The van der Waals surface area contributed by atoms with Crippen LogP contribution < -0.4 is 10.5 Å². The van der Waals surface area contributed by atoms with Crippen molar-refractivity contribution in [3.05, 3.63) is 28.8 Å². The zero-order valence-corrected chi connectivity index (χ0v) is 12.7. The van der Waals surface area contributed by atoms with E-state index in [2.05, 4.69) is 18.7 Å². The maximum atomic E-state index is 6.39. The van der Waals surface area contributed by atoms with E-state index in [1.54, 1.807) is 7.11 Å². The van der Waals surface area contributed by atoms with Crippen molar-refractivity contribution < 1.29 is 4.74 Å². The highest BCUT2D eigenvalue weighted by atomic mass is 35.5. The van der Waals surface area contributed by atoms with E-state index in [0.717, 1.165) is 22.9 Å². The average molecular weight is 283 g/mol. The molecule has 1 aromatic rings. The normalized spacial score (nSPS) is 20.5. The Morgan fingerprint density at radius 3 is 2.74 bits per heavy atom. The fraction of sp³-hybridized carbons (Fsp3) is 0.600. The Kier molecular flexibility index (Phi) is 4.39. The number of benzene rings is 1. The lowest BCUT2D eigenvalue weighted by molar-refractivity contribution is 0.117. The van der Waals surface area contributed by atoms with Gasteiger partial charge in [0.25, 0.3) is 0 Å². The summed E-state index contributed by atoms with van der Waals surface area (Å²) in [4.78, 5) is 2.46. The minimum absolute atomic E-state index is 0.112. The van der Waals surface area contributed by atoms with Gasteiger partial charge < -0.3 is 10.5 Å². The molecule has 2 rings (SSSR count). The van der Waals surface area contributed by atoms with Crippen LogP contribution in [-0.4, -0.2) is 30.6 Å². The van der Waals surface area contributed by atoms with Crippen molar-refractivity contribution in [2.24, 2.45) is 5.73 Å². The Balaban J connectivity index is 2.43. The molecule has 0 amide bonds. The standard InChI is InChI=1S/C15H23ClN2O/c1-15(2)8-5-9-18(15)12(10-17)14-11(16)6-4-7-13(14)19-3/h4,6-7,12H,5,8-10,17H2,1-3H3. The van der Waals surface area contributed by atoms with Gasteiger partial charge in [-0.05, 0) is 45.4 Å². The van der Waals surface area contributed by atoms with Crippen LogP contribution in [0.1, 0.15) is 38.3 Å². The van der Waals surface area contributed by atoms with Crippen molar-refractivity contribution in [3.63, 3.8) is 0 Å². The third kappa shape index (κ3) is 2.73. The molecule has 1 saturated heterocycles. The summed E-state index contributed by atoms with van der Waals surface area (Å²) in [5, 5.41) is 0.734. The van der Waals surface area contributed by atoms with Crippen LogP contribution in [0, 0.1) is 0 Å². The van der Waals surface area contributed by atoms with Crippen LogP contribution in [0.3, 0.4) is 0 Å². The summed E-state index contributed by atoms with van der Waals surface area (Å²) in [6.07, 6.45) is 2.40. The summed E-state index contributed by atoms with van der Waals surface area (Å²) >= 11 is 6.39. The molecule has 0 spiro atoms. The third-order valence-corrected chi connectivity index (χ3v) is 4.46. The molecule has 0 bridgehead atoms. The fourth-order valence-corrected chi connectivity index (χ4v) is 3.42. The van der Waals surface area contributed by atoms with E-state index in [-0.39, 0.29) is 11.6 Å². The van der Waals surface area contributed by atoms with E-state index < -0.39 is 0 Å². The summed E-state index contributed by atoms with van der Waals surface area (Å²) in [5.41, 5.74) is 7.22. The molecule has 1 aromatic carbocycles. The largest absolute Gasteiger partial charge is 0.496 e. The smallest absolute Gasteiger partial charge is 0.125 e. The van der Waals surface area contributed by atoms with E-state index in [1.165, 1.54) is 12.8 Å². The molecular weight excluding hydrogens is 260 g/mol. The van der Waals surface area contributed by atoms with Crippen molar-refractivity contribution in [1.29, 1.82) is 0 Å². The first-order chi connectivity index (χ1) is 9.01. The van der Waals surface area contributed by atoms with Crippen LogP contribution >= 0.6 is 11.6 Å². The Labute approximate surface area is 120 Å². The third-order valence-electron chi connectivity index (χ3n) is 4.13. The van der Waals surface area contributed by atoms with Crippen LogP contribution in [0.5, 0.6) is 5.75 Å². The molecule has 0 saturated carbocycles. The predicted molar refractivity (Wildman–Crippen MR) is 79.8 cm³/mol. The molecule has 106 valence electrons. The molecular formula is C15H23ClN2O. The van der Waals surface area contributed by atoms with Gasteiger partial charge in [-0.2, -0.15) is 0 Å². The minimum atomic E-state index is 0.112. The van der Waals surface area contributed by atoms with Gasteiger partial charge in [-0.1, -0.05) is 17.7 Å². The Morgan fingerprint density at radius 1 is 1.47 bits per heavy atom. The van der Waals surface area contributed by atoms with Crippen LogP contribution in [0.4, 0.5) is 0 Å². The van der Waals surface area contributed by atoms with Crippen molar-refractivity contribution in [3.8, 4) is 5.75 Å². The number of nitrogens with two attached hydrogens (primary N) is 1. The van der Waals surface area contributed by atoms with E-state index in [0.29, 0.717) is 6.54 Å². The van der Waals surface area contributed by atoms with Crippen molar-refractivity contribution in [1.82, 2.24) is 4.90 Å². The first kappa shape index (κ1) is 14.6. The van der Waals surface area contributed by atoms with E-state index in [9.17, 15) is 0 Å². The molecule has 1 heterocycles. The molecule has 0 radical (unpaired) electrons. The second-order valence-corrected chi connectivity index (χ2v) is 6.12. The minimum Gasteiger partial charge on any atom is -0.496 e. The molecule has 1 atom stereocenters. The zero-order valence-electron chi connectivity index (χ0n) is 11.9. The second-order valence-electron chi connectivity index (χ2n) is 5.72. The summed E-state index contributed by atoms with van der Waals surface area (Å²) in [6.45, 7) is 6.14. The van der Waals surface area contributed by atoms with Gasteiger partial charge in [0.2, 0.25) is 0 Å². The van der Waals surface area contributed by atoms with Crippen LogP contribution in [0.15, 0.2) is 18.2 Å². The molecule has 1 aliphatic heterocycles. The Hall–Kier alpha value is -0.770. The van der Waals surface area contributed by atoms with Gasteiger partial charge in [-0.25, -0.2) is 0 Å². The van der Waals surface area contributed by atoms with E-state index in [1.807, 2.05) is 18.2 Å². The number of ether oxygens (including phenoxy) is 1. The number of hydrogen-bond acceptors (Lipinski definition) is 3. The number of rotatable bonds is 4. The molecule has 1 aliphatic rings. The molecule has 0 aliphatic carbocycles. The molecule has 1 unspecified atom stereocenters. The summed E-state index contributed by atoms with van der Waals surface area (Å²) in [7, 11) is 1.68. The van der Waals surface area contributed by atoms with E-state index in [4.69, 9.17) is 22.1 Å². The Morgan fingerprint density at radius 2 is 2.21 bits per heavy atom. The lowest BCUT2D eigenvalue weighted by atomic mass is 9.97. The average Bonchev–Trinajstić information content (AvgIpc) is 2.72. The summed E-state index contributed by atoms with van der Waals surface area (Å²) < 4.78 is 5.47. The highest BCUT2D eigenvalue weighted by Gasteiger charge is 2.38. The predicted octanol–water partition coefficient (Wildman–Crippen LogP) is 3.22. The second kappa shape index (κ2) is 5.70. The van der Waals surface area contributed by atoms with Gasteiger partial charge in [-0.3, -0.25) is 4.90 Å². The van der Waals surface area contributed by atoms with Crippen molar-refractivity contribution >= 4 is 11.6 Å². The summed E-state index contributed by atoms with van der Waals surface area (Å²) in [6, 6.07) is 5.88. The molecule has 2 N–H and O–H groups in total. The number of nitrogens with zero attached hydrogens (tertiary/aromatic N) is 1. The van der Waals surface area contributed by atoms with Crippen molar-refractivity contribution in [2.45, 2.75) is 38.3 Å². The van der Waals surface area contributed by atoms with Crippen LogP contribution in [-0.2, 0) is 0 Å². The maximum absolute atomic E-state index is 6.39. The number of methoxy groups -OCH3 is 1. The van der Waals surface area contributed by atoms with Gasteiger partial charge in [0, 0.05) is 22.7 Å². The first-order valence-corrected chi connectivity index (χ1v) is 7.18. The zero-order chi connectivity index (χ0) is 14.0. The lowest BCUT2D eigenvalue weighted by Gasteiger charge is -2.39. The van der Waals surface area contributed by atoms with Crippen LogP contribution in [0.25, 0.3) is 0 Å². The number of likely N-dealkylation sites (tertiary alicyclic amines) is 1. The highest BCUT2D eigenvalue weighted by Crippen LogP contribution is 2.41. The molecule has 0 aromatic heterocycles. The van der Waals surface area contributed by atoms with Crippen molar-refractivity contribution in [2.75, 3.05) is 20.2 Å². The number of halogens is 1. The fourth-order valence-electron chi connectivity index (χ4n) is 3.13. The quantitative estimate of drug-likeness (QED) is 0.921. The van der Waals surface area contributed by atoms with Gasteiger partial charge >= 0.3 is 0 Å². The lowest BCUT2D eigenvalue weighted by Crippen LogP contribution is -2.43.